The van der Waals surface area contributed by atoms with Gasteiger partial charge in [0, 0.05) is 12.1 Å². The first-order valence-corrected chi connectivity index (χ1v) is 5.33. The molecule has 0 aliphatic carbocycles. The van der Waals surface area contributed by atoms with Crippen molar-refractivity contribution in [2.24, 2.45) is 0 Å². The smallest absolute Gasteiger partial charge is 0.170 e. The number of hydrogen-bond donors (Lipinski definition) is 0. The van der Waals surface area contributed by atoms with E-state index in [1.54, 1.807) is 11.8 Å². The number of aromatic nitrogens is 3. The second kappa shape index (κ2) is 4.78. The number of para-hydroxylation sites is 1. The quantitative estimate of drug-likeness (QED) is 0.753. The van der Waals surface area contributed by atoms with Gasteiger partial charge < -0.3 is 4.74 Å². The Morgan fingerprint density at radius 1 is 1.41 bits per heavy atom. The molecule has 0 unspecified atom stereocenters. The van der Waals surface area contributed by atoms with Gasteiger partial charge in [-0.05, 0) is 19.1 Å². The minimum Gasteiger partial charge on any atom is -0.496 e. The van der Waals surface area contributed by atoms with Crippen LogP contribution < -0.4 is 4.74 Å². The Labute approximate surface area is 99.0 Å². The molecule has 1 aromatic heterocycles. The largest absolute Gasteiger partial charge is 0.496 e. The van der Waals surface area contributed by atoms with Gasteiger partial charge in [-0.25, -0.2) is 4.68 Å². The molecule has 0 N–H and O–H groups in total. The average Bonchev–Trinajstić information content (AvgIpc) is 2.81. The molecule has 0 saturated carbocycles. The molecule has 0 atom stereocenters. The van der Waals surface area contributed by atoms with Gasteiger partial charge in [-0.2, -0.15) is 0 Å². The van der Waals surface area contributed by atoms with Crippen molar-refractivity contribution < 1.29 is 9.53 Å². The lowest BCUT2D eigenvalue weighted by Gasteiger charge is -2.05. The lowest BCUT2D eigenvalue weighted by Crippen LogP contribution is -2.02. The summed E-state index contributed by atoms with van der Waals surface area (Å²) in [7, 11) is 1.59. The summed E-state index contributed by atoms with van der Waals surface area (Å²) in [6.45, 7) is 2.52. The number of nitrogens with zero attached hydrogens (tertiary/aromatic N) is 3. The maximum Gasteiger partial charge on any atom is 0.170 e. The molecule has 0 spiro atoms. The van der Waals surface area contributed by atoms with Crippen LogP contribution in [0.2, 0.25) is 0 Å². The number of hydrogen-bond acceptors (Lipinski definition) is 4. The van der Waals surface area contributed by atoms with Crippen molar-refractivity contribution in [3.8, 4) is 17.0 Å². The third-order valence-electron chi connectivity index (χ3n) is 2.55. The molecule has 1 heterocycles. The van der Waals surface area contributed by atoms with Crippen molar-refractivity contribution in [2.45, 2.75) is 13.5 Å². The second-order valence-electron chi connectivity index (χ2n) is 3.46. The molecule has 5 heteroatoms. The fourth-order valence-electron chi connectivity index (χ4n) is 1.70. The highest BCUT2D eigenvalue weighted by atomic mass is 16.5. The first-order chi connectivity index (χ1) is 8.31. The van der Waals surface area contributed by atoms with E-state index >= 15 is 0 Å². The summed E-state index contributed by atoms with van der Waals surface area (Å²) in [5, 5.41) is 7.98. The molecule has 2 aromatic rings. The van der Waals surface area contributed by atoms with Crippen molar-refractivity contribution in [3.63, 3.8) is 0 Å². The zero-order chi connectivity index (χ0) is 12.3. The summed E-state index contributed by atoms with van der Waals surface area (Å²) >= 11 is 0. The predicted molar refractivity (Wildman–Crippen MR) is 63.1 cm³/mol. The summed E-state index contributed by atoms with van der Waals surface area (Å²) in [6, 6.07) is 7.43. The third-order valence-corrected chi connectivity index (χ3v) is 2.55. The molecule has 1 aromatic carbocycles. The number of carbonyl (C=O) groups excluding carboxylic acids is 1. The predicted octanol–water partition coefficient (Wildman–Crippen LogP) is 1.79. The minimum atomic E-state index is 0.469. The SMILES string of the molecule is CCn1nnc(-c2ccccc2OC)c1C=O. The van der Waals surface area contributed by atoms with Gasteiger partial charge in [-0.3, -0.25) is 4.79 Å². The minimum absolute atomic E-state index is 0.469. The van der Waals surface area contributed by atoms with E-state index in [0.717, 1.165) is 11.8 Å². The van der Waals surface area contributed by atoms with Crippen molar-refractivity contribution in [1.29, 1.82) is 0 Å². The van der Waals surface area contributed by atoms with Crippen molar-refractivity contribution >= 4 is 6.29 Å². The van der Waals surface area contributed by atoms with Gasteiger partial charge in [-0.15, -0.1) is 5.10 Å². The third kappa shape index (κ3) is 1.91. The molecule has 0 amide bonds. The summed E-state index contributed by atoms with van der Waals surface area (Å²) in [5.41, 5.74) is 1.80. The van der Waals surface area contributed by atoms with Crippen LogP contribution in [-0.4, -0.2) is 28.4 Å². The van der Waals surface area contributed by atoms with Crippen molar-refractivity contribution in [2.75, 3.05) is 7.11 Å². The van der Waals surface area contributed by atoms with E-state index in [9.17, 15) is 4.79 Å². The second-order valence-corrected chi connectivity index (χ2v) is 3.46. The molecule has 0 saturated heterocycles. The van der Waals surface area contributed by atoms with Crippen LogP contribution in [0.4, 0.5) is 0 Å². The average molecular weight is 231 g/mol. The maximum atomic E-state index is 11.1. The highest BCUT2D eigenvalue weighted by Gasteiger charge is 2.16. The van der Waals surface area contributed by atoms with Crippen LogP contribution in [0.1, 0.15) is 17.4 Å². The summed E-state index contributed by atoms with van der Waals surface area (Å²) in [5.74, 6) is 0.679. The Morgan fingerprint density at radius 2 is 2.18 bits per heavy atom. The summed E-state index contributed by atoms with van der Waals surface area (Å²) < 4.78 is 6.81. The van der Waals surface area contributed by atoms with E-state index < -0.39 is 0 Å². The molecule has 17 heavy (non-hydrogen) atoms. The Balaban J connectivity index is 2.60. The van der Waals surface area contributed by atoms with E-state index in [1.807, 2.05) is 31.2 Å². The van der Waals surface area contributed by atoms with Crippen LogP contribution in [0, 0.1) is 0 Å². The van der Waals surface area contributed by atoms with Crippen LogP contribution in [0.5, 0.6) is 5.75 Å². The van der Waals surface area contributed by atoms with E-state index in [2.05, 4.69) is 10.3 Å². The van der Waals surface area contributed by atoms with E-state index in [1.165, 1.54) is 0 Å². The van der Waals surface area contributed by atoms with Crippen LogP contribution in [0.25, 0.3) is 11.3 Å². The highest BCUT2D eigenvalue weighted by Crippen LogP contribution is 2.29. The van der Waals surface area contributed by atoms with Gasteiger partial charge in [0.1, 0.15) is 17.1 Å². The lowest BCUT2D eigenvalue weighted by atomic mass is 10.1. The molecule has 0 aliphatic rings. The van der Waals surface area contributed by atoms with Crippen LogP contribution in [0.15, 0.2) is 24.3 Å². The number of rotatable bonds is 4. The number of aldehydes is 1. The molecule has 0 aliphatic heterocycles. The highest BCUT2D eigenvalue weighted by molar-refractivity contribution is 5.85. The first-order valence-electron chi connectivity index (χ1n) is 5.33. The zero-order valence-corrected chi connectivity index (χ0v) is 9.75. The van der Waals surface area contributed by atoms with Gasteiger partial charge in [0.15, 0.2) is 6.29 Å². The van der Waals surface area contributed by atoms with E-state index in [0.29, 0.717) is 23.7 Å². The lowest BCUT2D eigenvalue weighted by molar-refractivity contribution is 0.111. The standard InChI is InChI=1S/C12H13N3O2/c1-3-15-10(8-16)12(13-14-15)9-6-4-5-7-11(9)17-2/h4-8H,3H2,1-2H3. The summed E-state index contributed by atoms with van der Waals surface area (Å²) in [4.78, 5) is 11.1. The maximum absolute atomic E-state index is 11.1. The molecule has 2 rings (SSSR count). The fraction of sp³-hybridized carbons (Fsp3) is 0.250. The number of benzene rings is 1. The van der Waals surface area contributed by atoms with Crippen LogP contribution in [-0.2, 0) is 6.54 Å². The number of ether oxygens (including phenoxy) is 1. The van der Waals surface area contributed by atoms with Crippen molar-refractivity contribution in [3.05, 3.63) is 30.0 Å². The van der Waals surface area contributed by atoms with Gasteiger partial charge in [0.05, 0.1) is 7.11 Å². The molecule has 88 valence electrons. The number of methoxy groups -OCH3 is 1. The summed E-state index contributed by atoms with van der Waals surface area (Å²) in [6.07, 6.45) is 0.769. The van der Waals surface area contributed by atoms with Gasteiger partial charge in [0.25, 0.3) is 0 Å². The Kier molecular flexibility index (Phi) is 3.18. The molecule has 5 nitrogen and oxygen atoms in total. The number of aryl methyl sites for hydroxylation is 1. The molecular formula is C12H13N3O2. The topological polar surface area (TPSA) is 57.0 Å². The van der Waals surface area contributed by atoms with Crippen LogP contribution >= 0.6 is 0 Å². The Bertz CT molecular complexity index is 534. The van der Waals surface area contributed by atoms with Gasteiger partial charge >= 0.3 is 0 Å². The molecule has 0 fully saturated rings. The van der Waals surface area contributed by atoms with E-state index in [4.69, 9.17) is 4.74 Å². The first kappa shape index (κ1) is 11.3. The van der Waals surface area contributed by atoms with Crippen molar-refractivity contribution in [1.82, 2.24) is 15.0 Å². The monoisotopic (exact) mass is 231 g/mol. The Hall–Kier alpha value is -2.17. The zero-order valence-electron chi connectivity index (χ0n) is 9.75. The Morgan fingerprint density at radius 3 is 2.82 bits per heavy atom. The van der Waals surface area contributed by atoms with Gasteiger partial charge in [-0.1, -0.05) is 17.3 Å². The normalized spacial score (nSPS) is 10.2. The molecular weight excluding hydrogens is 218 g/mol. The fourth-order valence-corrected chi connectivity index (χ4v) is 1.70. The van der Waals surface area contributed by atoms with E-state index in [-0.39, 0.29) is 0 Å². The molecule has 0 bridgehead atoms. The van der Waals surface area contributed by atoms with Gasteiger partial charge in [0.2, 0.25) is 0 Å². The molecule has 0 radical (unpaired) electrons. The number of carbonyl (C=O) groups is 1. The van der Waals surface area contributed by atoms with Crippen LogP contribution in [0.3, 0.4) is 0 Å².